The van der Waals surface area contributed by atoms with Gasteiger partial charge >= 0.3 is 5.97 Å². The molecule has 0 aromatic carbocycles. The molecule has 0 radical (unpaired) electrons. The van der Waals surface area contributed by atoms with Gasteiger partial charge in [0.25, 0.3) is 0 Å². The molecule has 0 heterocycles. The second kappa shape index (κ2) is 4.11. The second-order valence-corrected chi connectivity index (χ2v) is 3.40. The molecule has 0 aromatic rings. The van der Waals surface area contributed by atoms with E-state index in [4.69, 9.17) is 10.8 Å². The molecular weight excluding hydrogens is 176 g/mol. The first-order chi connectivity index (χ1) is 5.36. The molecule has 0 fully saturated rings. The van der Waals surface area contributed by atoms with E-state index in [0.717, 1.165) is 0 Å². The Morgan fingerprint density at radius 1 is 1.83 bits per heavy atom. The first-order valence-electron chi connectivity index (χ1n) is 3.69. The van der Waals surface area contributed by atoms with Crippen LogP contribution in [0.5, 0.6) is 0 Å². The molecule has 0 saturated carbocycles. The van der Waals surface area contributed by atoms with Gasteiger partial charge in [0.2, 0.25) is 0 Å². The number of hydrogen-bond donors (Lipinski definition) is 3. The molecule has 0 rings (SSSR count). The van der Waals surface area contributed by atoms with E-state index in [1.807, 2.05) is 0 Å². The molecule has 4 nitrogen and oxygen atoms in total. The largest absolute Gasteiger partial charge is 0.480 e. The third-order valence-corrected chi connectivity index (χ3v) is 2.77. The van der Waals surface area contributed by atoms with Crippen LogP contribution in [-0.4, -0.2) is 40.5 Å². The summed E-state index contributed by atoms with van der Waals surface area (Å²) < 4.78 is 0. The smallest absolute Gasteiger partial charge is 0.324 e. The summed E-state index contributed by atoms with van der Waals surface area (Å²) in [5.74, 6) is -0.669. The Hall–Kier alpha value is -0.260. The average molecular weight is 192 g/mol. The first kappa shape index (κ1) is 11.7. The van der Waals surface area contributed by atoms with Crippen LogP contribution in [0.15, 0.2) is 0 Å². The van der Waals surface area contributed by atoms with Gasteiger partial charge in [0, 0.05) is 5.75 Å². The van der Waals surface area contributed by atoms with Gasteiger partial charge < -0.3 is 10.8 Å². The number of carbonyl (C=O) groups is 1. The van der Waals surface area contributed by atoms with Crippen molar-refractivity contribution < 1.29 is 9.90 Å². The summed E-state index contributed by atoms with van der Waals surface area (Å²) >= 11 is 4.00. The van der Waals surface area contributed by atoms with E-state index in [9.17, 15) is 4.79 Å². The SMILES string of the molecule is CC(N)N(C)C(C)(CS)C(=O)O. The van der Waals surface area contributed by atoms with Crippen LogP contribution < -0.4 is 5.73 Å². The third-order valence-electron chi connectivity index (χ3n) is 2.16. The molecule has 0 aromatic heterocycles. The van der Waals surface area contributed by atoms with Gasteiger partial charge in [0.05, 0.1) is 6.17 Å². The molecule has 0 aliphatic rings. The predicted octanol–water partition coefficient (Wildman–Crippen LogP) is -0.00400. The van der Waals surface area contributed by atoms with Gasteiger partial charge in [0.15, 0.2) is 0 Å². The van der Waals surface area contributed by atoms with E-state index in [0.29, 0.717) is 0 Å². The molecular formula is C7H16N2O2S. The fraction of sp³-hybridized carbons (Fsp3) is 0.857. The summed E-state index contributed by atoms with van der Waals surface area (Å²) in [6.07, 6.45) is -0.293. The Kier molecular flexibility index (Phi) is 4.02. The van der Waals surface area contributed by atoms with Crippen molar-refractivity contribution in [3.63, 3.8) is 0 Å². The summed E-state index contributed by atoms with van der Waals surface area (Å²) in [4.78, 5) is 12.4. The molecule has 2 atom stereocenters. The van der Waals surface area contributed by atoms with Crippen LogP contribution in [0.3, 0.4) is 0 Å². The van der Waals surface area contributed by atoms with Crippen molar-refractivity contribution in [2.75, 3.05) is 12.8 Å². The highest BCUT2D eigenvalue weighted by Gasteiger charge is 2.37. The average Bonchev–Trinajstić information content (AvgIpc) is 2.01. The van der Waals surface area contributed by atoms with Crippen LogP contribution in [0.1, 0.15) is 13.8 Å². The number of carboxylic acids is 1. The van der Waals surface area contributed by atoms with Crippen LogP contribution in [-0.2, 0) is 4.79 Å². The van der Waals surface area contributed by atoms with Crippen LogP contribution >= 0.6 is 12.6 Å². The molecule has 0 amide bonds. The fourth-order valence-corrected chi connectivity index (χ4v) is 1.14. The zero-order chi connectivity index (χ0) is 9.94. The monoisotopic (exact) mass is 192 g/mol. The van der Waals surface area contributed by atoms with Crippen molar-refractivity contribution in [3.8, 4) is 0 Å². The van der Waals surface area contributed by atoms with E-state index >= 15 is 0 Å². The zero-order valence-electron chi connectivity index (χ0n) is 7.61. The maximum atomic E-state index is 10.9. The van der Waals surface area contributed by atoms with Crippen molar-refractivity contribution >= 4 is 18.6 Å². The zero-order valence-corrected chi connectivity index (χ0v) is 8.51. The number of nitrogens with zero attached hydrogens (tertiary/aromatic N) is 1. The van der Waals surface area contributed by atoms with Gasteiger partial charge in [-0.1, -0.05) is 0 Å². The second-order valence-electron chi connectivity index (χ2n) is 3.09. The highest BCUT2D eigenvalue weighted by atomic mass is 32.1. The van der Waals surface area contributed by atoms with Crippen molar-refractivity contribution in [1.29, 1.82) is 0 Å². The third kappa shape index (κ3) is 2.12. The summed E-state index contributed by atoms with van der Waals surface area (Å²) in [5, 5.41) is 8.91. The van der Waals surface area contributed by atoms with Gasteiger partial charge in [-0.3, -0.25) is 9.69 Å². The number of likely N-dealkylation sites (N-methyl/N-ethyl adjacent to an activating group) is 1. The number of hydrogen-bond acceptors (Lipinski definition) is 4. The van der Waals surface area contributed by atoms with Gasteiger partial charge in [0.1, 0.15) is 5.54 Å². The topological polar surface area (TPSA) is 66.6 Å². The van der Waals surface area contributed by atoms with E-state index in [1.165, 1.54) is 0 Å². The van der Waals surface area contributed by atoms with Gasteiger partial charge in [-0.25, -0.2) is 0 Å². The first-order valence-corrected chi connectivity index (χ1v) is 4.32. The van der Waals surface area contributed by atoms with Crippen LogP contribution in [0.2, 0.25) is 0 Å². The minimum absolute atomic E-state index is 0.236. The van der Waals surface area contributed by atoms with Crippen molar-refractivity contribution in [2.45, 2.75) is 25.6 Å². The molecule has 0 aliphatic heterocycles. The van der Waals surface area contributed by atoms with E-state index < -0.39 is 11.5 Å². The molecule has 5 heteroatoms. The summed E-state index contributed by atoms with van der Waals surface area (Å²) in [6, 6.07) is 0. The van der Waals surface area contributed by atoms with Crippen molar-refractivity contribution in [1.82, 2.24) is 4.90 Å². The van der Waals surface area contributed by atoms with Crippen LogP contribution in [0, 0.1) is 0 Å². The molecule has 0 saturated heterocycles. The summed E-state index contributed by atoms with van der Waals surface area (Å²) in [5.41, 5.74) is 4.58. The van der Waals surface area contributed by atoms with Crippen molar-refractivity contribution in [2.24, 2.45) is 5.73 Å². The summed E-state index contributed by atoms with van der Waals surface area (Å²) in [7, 11) is 1.68. The molecule has 12 heavy (non-hydrogen) atoms. The standard InChI is InChI=1S/C7H16N2O2S/c1-5(8)9(3)7(2,4-12)6(10)11/h5,12H,4,8H2,1-3H3,(H,10,11). The van der Waals surface area contributed by atoms with Gasteiger partial charge in [-0.15, -0.1) is 0 Å². The maximum absolute atomic E-state index is 10.9. The maximum Gasteiger partial charge on any atom is 0.324 e. The lowest BCUT2D eigenvalue weighted by Crippen LogP contribution is -2.57. The Labute approximate surface area is 78.1 Å². The molecule has 2 unspecified atom stereocenters. The van der Waals surface area contributed by atoms with Gasteiger partial charge in [-0.2, -0.15) is 12.6 Å². The normalized spacial score (nSPS) is 18.8. The number of aliphatic carboxylic acids is 1. The minimum Gasteiger partial charge on any atom is -0.480 e. The van der Waals surface area contributed by atoms with Crippen LogP contribution in [0.25, 0.3) is 0 Å². The predicted molar refractivity (Wildman–Crippen MR) is 51.3 cm³/mol. The molecule has 0 aliphatic carbocycles. The lowest BCUT2D eigenvalue weighted by atomic mass is 10.0. The number of carboxylic acid groups (broad SMARTS) is 1. The highest BCUT2D eigenvalue weighted by molar-refractivity contribution is 7.80. The summed E-state index contributed by atoms with van der Waals surface area (Å²) in [6.45, 7) is 3.34. The van der Waals surface area contributed by atoms with Gasteiger partial charge in [-0.05, 0) is 20.9 Å². The van der Waals surface area contributed by atoms with E-state index in [-0.39, 0.29) is 11.9 Å². The van der Waals surface area contributed by atoms with Crippen molar-refractivity contribution in [3.05, 3.63) is 0 Å². The van der Waals surface area contributed by atoms with E-state index in [2.05, 4.69) is 12.6 Å². The van der Waals surface area contributed by atoms with E-state index in [1.54, 1.807) is 25.8 Å². The number of nitrogens with two attached hydrogens (primary N) is 1. The molecule has 72 valence electrons. The fourth-order valence-electron chi connectivity index (χ4n) is 0.779. The Balaban J connectivity index is 4.63. The highest BCUT2D eigenvalue weighted by Crippen LogP contribution is 2.16. The molecule has 0 bridgehead atoms. The lowest BCUT2D eigenvalue weighted by Gasteiger charge is -2.36. The minimum atomic E-state index is -0.989. The molecule has 3 N–H and O–H groups in total. The Bertz CT molecular complexity index is 175. The van der Waals surface area contributed by atoms with Crippen LogP contribution in [0.4, 0.5) is 0 Å². The Morgan fingerprint density at radius 3 is 2.33 bits per heavy atom. The number of rotatable bonds is 4. The number of thiol groups is 1. The quantitative estimate of drug-likeness (QED) is 0.433. The molecule has 0 spiro atoms. The lowest BCUT2D eigenvalue weighted by molar-refractivity contribution is -0.149. The Morgan fingerprint density at radius 2 is 2.25 bits per heavy atom.